The Morgan fingerprint density at radius 3 is 2.93 bits per heavy atom. The number of benzene rings is 1. The lowest BCUT2D eigenvalue weighted by Crippen LogP contribution is -2.44. The van der Waals surface area contributed by atoms with E-state index in [4.69, 9.17) is 9.73 Å². The smallest absolute Gasteiger partial charge is 0.387 e. The van der Waals surface area contributed by atoms with E-state index in [1.165, 1.54) is 5.57 Å². The minimum atomic E-state index is -2.83. The van der Waals surface area contributed by atoms with Crippen molar-refractivity contribution >= 4 is 35.6 Å². The maximum absolute atomic E-state index is 12.7. The van der Waals surface area contributed by atoms with Crippen LogP contribution >= 0.6 is 24.0 Å². The molecule has 168 valence electrons. The van der Waals surface area contributed by atoms with Crippen molar-refractivity contribution in [3.8, 4) is 5.75 Å². The number of hydrogen-bond acceptors (Lipinski definition) is 4. The second kappa shape index (κ2) is 12.9. The van der Waals surface area contributed by atoms with Gasteiger partial charge in [-0.15, -0.1) is 24.0 Å². The minimum absolute atomic E-state index is 0. The number of ether oxygens (including phenoxy) is 2. The molecule has 2 aliphatic heterocycles. The lowest BCUT2D eigenvalue weighted by Gasteiger charge is -2.22. The molecule has 0 saturated carbocycles. The van der Waals surface area contributed by atoms with Gasteiger partial charge in [0.1, 0.15) is 5.75 Å². The van der Waals surface area contributed by atoms with Crippen molar-refractivity contribution in [3.05, 3.63) is 35.9 Å². The molecule has 0 bridgehead atoms. The first-order chi connectivity index (χ1) is 14.2. The Morgan fingerprint density at radius 2 is 2.20 bits per heavy atom. The second-order valence-corrected chi connectivity index (χ2v) is 7.12. The molecular weight excluding hydrogens is 505 g/mol. The van der Waals surface area contributed by atoms with Crippen LogP contribution in [0.3, 0.4) is 0 Å². The summed E-state index contributed by atoms with van der Waals surface area (Å²) in [6, 6.07) is 7.14. The summed E-state index contributed by atoms with van der Waals surface area (Å²) in [6.45, 7) is 3.69. The molecular formula is C21H31F2IN4O2. The molecule has 9 heteroatoms. The van der Waals surface area contributed by atoms with Crippen molar-refractivity contribution < 1.29 is 18.3 Å². The summed E-state index contributed by atoms with van der Waals surface area (Å²) in [4.78, 5) is 6.77. The minimum Gasteiger partial charge on any atom is -0.433 e. The van der Waals surface area contributed by atoms with Gasteiger partial charge in [0, 0.05) is 32.2 Å². The number of guanidine groups is 1. The molecule has 2 heterocycles. The molecule has 1 saturated heterocycles. The van der Waals surface area contributed by atoms with E-state index in [-0.39, 0.29) is 35.8 Å². The van der Waals surface area contributed by atoms with E-state index in [1.807, 2.05) is 19.1 Å². The van der Waals surface area contributed by atoms with Crippen LogP contribution in [0.25, 0.3) is 0 Å². The molecule has 1 fully saturated rings. The number of para-hydroxylation sites is 2. The summed E-state index contributed by atoms with van der Waals surface area (Å²) in [7, 11) is 0. The van der Waals surface area contributed by atoms with Gasteiger partial charge in [-0.25, -0.2) is 0 Å². The van der Waals surface area contributed by atoms with E-state index in [9.17, 15) is 8.78 Å². The van der Waals surface area contributed by atoms with Gasteiger partial charge >= 0.3 is 6.61 Å². The molecule has 0 aromatic heterocycles. The zero-order valence-corrected chi connectivity index (χ0v) is 19.6. The third-order valence-corrected chi connectivity index (χ3v) is 5.06. The van der Waals surface area contributed by atoms with Crippen molar-refractivity contribution in [2.75, 3.05) is 44.3 Å². The Kier molecular flexibility index (Phi) is 10.6. The molecule has 0 radical (unpaired) electrons. The highest BCUT2D eigenvalue weighted by atomic mass is 127. The molecule has 6 nitrogen and oxygen atoms in total. The summed E-state index contributed by atoms with van der Waals surface area (Å²) in [5.74, 6) is 1.01. The van der Waals surface area contributed by atoms with Gasteiger partial charge in [0.05, 0.1) is 18.9 Å². The average molecular weight is 536 g/mol. The van der Waals surface area contributed by atoms with Crippen LogP contribution in [0.1, 0.15) is 26.2 Å². The number of nitrogens with one attached hydrogen (secondary N) is 2. The van der Waals surface area contributed by atoms with E-state index in [2.05, 4.69) is 26.3 Å². The third-order valence-electron chi connectivity index (χ3n) is 5.06. The predicted molar refractivity (Wildman–Crippen MR) is 126 cm³/mol. The van der Waals surface area contributed by atoms with E-state index in [0.29, 0.717) is 18.8 Å². The topological polar surface area (TPSA) is 58.1 Å². The van der Waals surface area contributed by atoms with Crippen molar-refractivity contribution in [2.45, 2.75) is 38.8 Å². The largest absolute Gasteiger partial charge is 0.433 e. The summed E-state index contributed by atoms with van der Waals surface area (Å²) in [6.07, 6.45) is 4.97. The first-order valence-electron chi connectivity index (χ1n) is 10.2. The molecule has 0 amide bonds. The maximum Gasteiger partial charge on any atom is 0.387 e. The Balaban J connectivity index is 0.00000320. The average Bonchev–Trinajstić information content (AvgIpc) is 3.17. The number of alkyl halides is 2. The Labute approximate surface area is 194 Å². The molecule has 0 aliphatic carbocycles. The van der Waals surface area contributed by atoms with Crippen LogP contribution in [0, 0.1) is 0 Å². The highest BCUT2D eigenvalue weighted by Gasteiger charge is 2.26. The van der Waals surface area contributed by atoms with Crippen LogP contribution in [-0.2, 0) is 4.74 Å². The van der Waals surface area contributed by atoms with Crippen LogP contribution in [0.2, 0.25) is 0 Å². The van der Waals surface area contributed by atoms with E-state index in [1.54, 1.807) is 12.1 Å². The van der Waals surface area contributed by atoms with E-state index < -0.39 is 6.61 Å². The van der Waals surface area contributed by atoms with Crippen molar-refractivity contribution in [1.29, 1.82) is 0 Å². The third kappa shape index (κ3) is 7.57. The maximum atomic E-state index is 12.7. The summed E-state index contributed by atoms with van der Waals surface area (Å²) < 4.78 is 35.4. The van der Waals surface area contributed by atoms with Crippen molar-refractivity contribution in [3.63, 3.8) is 0 Å². The quantitative estimate of drug-likeness (QED) is 0.229. The van der Waals surface area contributed by atoms with Gasteiger partial charge in [-0.05, 0) is 38.3 Å². The normalized spacial score (nSPS) is 19.3. The fourth-order valence-corrected chi connectivity index (χ4v) is 3.63. The lowest BCUT2D eigenvalue weighted by molar-refractivity contribution is -0.0495. The molecule has 1 aromatic rings. The first kappa shape index (κ1) is 24.6. The van der Waals surface area contributed by atoms with Gasteiger partial charge in [-0.3, -0.25) is 4.99 Å². The molecule has 1 aromatic carbocycles. The van der Waals surface area contributed by atoms with Crippen LogP contribution < -0.4 is 20.3 Å². The van der Waals surface area contributed by atoms with Gasteiger partial charge in [0.2, 0.25) is 0 Å². The zero-order valence-electron chi connectivity index (χ0n) is 17.3. The number of nitrogens with zero attached hydrogens (tertiary/aromatic N) is 2. The van der Waals surface area contributed by atoms with Gasteiger partial charge in [-0.1, -0.05) is 23.8 Å². The zero-order chi connectivity index (χ0) is 20.5. The number of hydrogen-bond donors (Lipinski definition) is 2. The molecule has 1 unspecified atom stereocenters. The number of rotatable bonds is 8. The van der Waals surface area contributed by atoms with Crippen LogP contribution in [-0.4, -0.2) is 58.0 Å². The van der Waals surface area contributed by atoms with Gasteiger partial charge < -0.3 is 25.0 Å². The Bertz CT molecular complexity index is 718. The second-order valence-electron chi connectivity index (χ2n) is 7.12. The standard InChI is InChI=1S/C21H30F2N4O2.HI/c1-2-24-21(25-11-7-16-9-13-28-14-10-16)26-17-8-12-27(15-17)18-5-3-4-6-19(18)29-20(22)23;/h3-6,9,17,20H,2,7-8,10-15H2,1H3,(H2,24,25,26);1H. The number of aliphatic imine (C=N–C) groups is 1. The number of halogens is 3. The lowest BCUT2D eigenvalue weighted by atomic mass is 10.1. The predicted octanol–water partition coefficient (Wildman–Crippen LogP) is 3.78. The van der Waals surface area contributed by atoms with E-state index >= 15 is 0 Å². The highest BCUT2D eigenvalue weighted by molar-refractivity contribution is 14.0. The molecule has 2 N–H and O–H groups in total. The van der Waals surface area contributed by atoms with E-state index in [0.717, 1.165) is 51.5 Å². The number of anilines is 1. The fourth-order valence-electron chi connectivity index (χ4n) is 3.63. The molecule has 2 aliphatic rings. The van der Waals surface area contributed by atoms with Crippen LogP contribution in [0.15, 0.2) is 40.9 Å². The van der Waals surface area contributed by atoms with Crippen LogP contribution in [0.5, 0.6) is 5.75 Å². The molecule has 3 rings (SSSR count). The summed E-state index contributed by atoms with van der Waals surface area (Å²) in [5.41, 5.74) is 2.10. The van der Waals surface area contributed by atoms with Crippen LogP contribution in [0.4, 0.5) is 14.5 Å². The fraction of sp³-hybridized carbons (Fsp3) is 0.571. The summed E-state index contributed by atoms with van der Waals surface area (Å²) in [5, 5.41) is 6.77. The SMILES string of the molecule is CCNC(=NCCC1=CCOCC1)NC1CCN(c2ccccc2OC(F)F)C1.I. The molecule has 1 atom stereocenters. The van der Waals surface area contributed by atoms with Gasteiger partial charge in [0.15, 0.2) is 5.96 Å². The van der Waals surface area contributed by atoms with Crippen molar-refractivity contribution in [2.24, 2.45) is 4.99 Å². The van der Waals surface area contributed by atoms with Crippen molar-refractivity contribution in [1.82, 2.24) is 10.6 Å². The molecule has 0 spiro atoms. The monoisotopic (exact) mass is 536 g/mol. The Morgan fingerprint density at radius 1 is 1.37 bits per heavy atom. The van der Waals surface area contributed by atoms with Gasteiger partial charge in [0.25, 0.3) is 0 Å². The molecule has 30 heavy (non-hydrogen) atoms. The Hall–Kier alpha value is -1.62. The highest BCUT2D eigenvalue weighted by Crippen LogP contribution is 2.31. The van der Waals surface area contributed by atoms with Gasteiger partial charge in [-0.2, -0.15) is 8.78 Å². The first-order valence-corrected chi connectivity index (χ1v) is 10.2. The summed E-state index contributed by atoms with van der Waals surface area (Å²) >= 11 is 0.